The van der Waals surface area contributed by atoms with Crippen molar-refractivity contribution in [2.75, 3.05) is 12.4 Å². The third kappa shape index (κ3) is 4.08. The van der Waals surface area contributed by atoms with Crippen LogP contribution in [0.2, 0.25) is 5.02 Å². The molecular formula is C12H11ClN2O5S. The summed E-state index contributed by atoms with van der Waals surface area (Å²) in [5.74, 6) is 0.125. The number of halogens is 1. The Morgan fingerprint density at radius 2 is 2.33 bits per heavy atom. The van der Waals surface area contributed by atoms with Gasteiger partial charge in [-0.25, -0.2) is 0 Å². The van der Waals surface area contributed by atoms with Gasteiger partial charge in [0.05, 0.1) is 11.0 Å². The average Bonchev–Trinajstić information content (AvgIpc) is 2.82. The predicted molar refractivity (Wildman–Crippen MR) is 77.6 cm³/mol. The lowest BCUT2D eigenvalue weighted by Crippen LogP contribution is -2.39. The number of carbonyl (C=O) groups is 2. The number of nitro groups is 1. The number of amides is 1. The fourth-order valence-electron chi connectivity index (χ4n) is 1.76. The first-order valence-electron chi connectivity index (χ1n) is 6.00. The van der Waals surface area contributed by atoms with Crippen LogP contribution in [-0.4, -0.2) is 34.3 Å². The number of hydrogen-bond donors (Lipinski definition) is 1. The Balaban J connectivity index is 1.95. The van der Waals surface area contributed by atoms with Gasteiger partial charge in [-0.05, 0) is 18.6 Å². The fourth-order valence-corrected chi connectivity index (χ4v) is 2.86. The van der Waals surface area contributed by atoms with Gasteiger partial charge in [-0.3, -0.25) is 19.7 Å². The Morgan fingerprint density at radius 1 is 1.57 bits per heavy atom. The first-order chi connectivity index (χ1) is 9.97. The molecule has 1 fully saturated rings. The maximum absolute atomic E-state index is 11.7. The van der Waals surface area contributed by atoms with Gasteiger partial charge in [-0.2, -0.15) is 0 Å². The second-order valence-corrected chi connectivity index (χ2v) is 5.77. The number of thioether (sulfide) groups is 1. The van der Waals surface area contributed by atoms with E-state index < -0.39 is 23.5 Å². The number of hydrogen-bond acceptors (Lipinski definition) is 6. The molecule has 0 bridgehead atoms. The first kappa shape index (κ1) is 15.6. The molecule has 1 aliphatic rings. The molecule has 1 unspecified atom stereocenters. The zero-order valence-corrected chi connectivity index (χ0v) is 12.3. The second kappa shape index (κ2) is 6.77. The Labute approximate surface area is 129 Å². The molecule has 0 saturated carbocycles. The zero-order valence-electron chi connectivity index (χ0n) is 10.7. The molecule has 1 aromatic rings. The summed E-state index contributed by atoms with van der Waals surface area (Å²) in [5.41, 5.74) is -0.317. The number of nitrogens with one attached hydrogen (secondary N) is 1. The summed E-state index contributed by atoms with van der Waals surface area (Å²) in [6.07, 6.45) is 0.580. The molecule has 0 radical (unpaired) electrons. The van der Waals surface area contributed by atoms with E-state index in [9.17, 15) is 19.7 Å². The Morgan fingerprint density at radius 3 is 2.95 bits per heavy atom. The Bertz CT molecular complexity index is 595. The van der Waals surface area contributed by atoms with Crippen LogP contribution >= 0.6 is 23.4 Å². The van der Waals surface area contributed by atoms with Crippen LogP contribution in [0.15, 0.2) is 18.2 Å². The van der Waals surface area contributed by atoms with Crippen molar-refractivity contribution < 1.29 is 19.2 Å². The van der Waals surface area contributed by atoms with E-state index in [0.29, 0.717) is 12.2 Å². The van der Waals surface area contributed by atoms with Crippen molar-refractivity contribution in [3.8, 4) is 5.75 Å². The van der Waals surface area contributed by atoms with Gasteiger partial charge >= 0.3 is 5.69 Å². The summed E-state index contributed by atoms with van der Waals surface area (Å²) in [7, 11) is 0. The summed E-state index contributed by atoms with van der Waals surface area (Å²) in [6.45, 7) is -0.406. The van der Waals surface area contributed by atoms with Crippen molar-refractivity contribution in [2.24, 2.45) is 0 Å². The lowest BCUT2D eigenvalue weighted by molar-refractivity contribution is -0.385. The van der Waals surface area contributed by atoms with Gasteiger partial charge in [0.1, 0.15) is 0 Å². The van der Waals surface area contributed by atoms with Crippen LogP contribution in [0.25, 0.3) is 0 Å². The number of carbonyl (C=O) groups excluding carboxylic acids is 2. The highest BCUT2D eigenvalue weighted by Crippen LogP contribution is 2.29. The van der Waals surface area contributed by atoms with Crippen LogP contribution in [0, 0.1) is 10.1 Å². The molecule has 1 atom stereocenters. The minimum absolute atomic E-state index is 0.0494. The van der Waals surface area contributed by atoms with Gasteiger partial charge in [0.25, 0.3) is 5.91 Å². The number of rotatable bonds is 5. The van der Waals surface area contributed by atoms with Crippen molar-refractivity contribution in [3.63, 3.8) is 0 Å². The molecule has 7 nitrogen and oxygen atoms in total. The van der Waals surface area contributed by atoms with Crippen molar-refractivity contribution in [3.05, 3.63) is 33.3 Å². The van der Waals surface area contributed by atoms with Crippen LogP contribution in [0.3, 0.4) is 0 Å². The molecule has 9 heteroatoms. The van der Waals surface area contributed by atoms with Crippen molar-refractivity contribution in [1.29, 1.82) is 0 Å². The molecule has 21 heavy (non-hydrogen) atoms. The molecule has 112 valence electrons. The van der Waals surface area contributed by atoms with E-state index in [4.69, 9.17) is 16.3 Å². The molecule has 1 aliphatic heterocycles. The predicted octanol–water partition coefficient (Wildman–Crippen LogP) is 1.78. The van der Waals surface area contributed by atoms with Crippen LogP contribution in [0.4, 0.5) is 5.69 Å². The maximum Gasteiger partial charge on any atom is 0.312 e. The van der Waals surface area contributed by atoms with E-state index in [1.807, 2.05) is 0 Å². The minimum Gasteiger partial charge on any atom is -0.477 e. The Hall–Kier alpha value is -1.80. The highest BCUT2D eigenvalue weighted by atomic mass is 35.5. The number of nitrogens with zero attached hydrogens (tertiary/aromatic N) is 1. The van der Waals surface area contributed by atoms with Crippen LogP contribution in [0.1, 0.15) is 6.42 Å². The van der Waals surface area contributed by atoms with Gasteiger partial charge in [-0.15, -0.1) is 0 Å². The van der Waals surface area contributed by atoms with E-state index >= 15 is 0 Å². The highest BCUT2D eigenvalue weighted by molar-refractivity contribution is 8.14. The SMILES string of the molecule is O=C(COc1ccc(Cl)cc1[N+](=O)[O-])NC1CCSC1=O. The monoisotopic (exact) mass is 330 g/mol. The molecule has 0 spiro atoms. The molecule has 0 aromatic heterocycles. The second-order valence-electron chi connectivity index (χ2n) is 4.23. The van der Waals surface area contributed by atoms with Crippen molar-refractivity contribution >= 4 is 40.1 Å². The summed E-state index contributed by atoms with van der Waals surface area (Å²) < 4.78 is 5.13. The molecule has 1 N–H and O–H groups in total. The summed E-state index contributed by atoms with van der Waals surface area (Å²) in [6, 6.07) is 3.39. The summed E-state index contributed by atoms with van der Waals surface area (Å²) in [5, 5.41) is 13.5. The topological polar surface area (TPSA) is 98.5 Å². The van der Waals surface area contributed by atoms with Crippen LogP contribution < -0.4 is 10.1 Å². The van der Waals surface area contributed by atoms with Crippen molar-refractivity contribution in [2.45, 2.75) is 12.5 Å². The fraction of sp³-hybridized carbons (Fsp3) is 0.333. The lowest BCUT2D eigenvalue weighted by Gasteiger charge is -2.11. The molecule has 1 amide bonds. The van der Waals surface area contributed by atoms with E-state index in [0.717, 1.165) is 6.07 Å². The molecule has 2 rings (SSSR count). The normalized spacial score (nSPS) is 17.6. The van der Waals surface area contributed by atoms with Gasteiger partial charge < -0.3 is 10.1 Å². The quantitative estimate of drug-likeness (QED) is 0.652. The standard InChI is InChI=1S/C12H11ClN2O5S/c13-7-1-2-10(9(5-7)15(18)19)20-6-11(16)14-8-3-4-21-12(8)17/h1-2,5,8H,3-4,6H2,(H,14,16). The third-order valence-corrected chi connectivity index (χ3v) is 3.99. The lowest BCUT2D eigenvalue weighted by atomic mass is 10.2. The first-order valence-corrected chi connectivity index (χ1v) is 7.36. The highest BCUT2D eigenvalue weighted by Gasteiger charge is 2.27. The van der Waals surface area contributed by atoms with Gasteiger partial charge in [0.15, 0.2) is 12.4 Å². The molecule has 1 saturated heterocycles. The minimum atomic E-state index is -0.643. The van der Waals surface area contributed by atoms with Crippen LogP contribution in [0.5, 0.6) is 5.75 Å². The summed E-state index contributed by atoms with van der Waals surface area (Å²) >= 11 is 6.85. The molecule has 1 heterocycles. The molecular weight excluding hydrogens is 320 g/mol. The smallest absolute Gasteiger partial charge is 0.312 e. The van der Waals surface area contributed by atoms with E-state index in [2.05, 4.69) is 5.32 Å². The van der Waals surface area contributed by atoms with Gasteiger partial charge in [0, 0.05) is 16.8 Å². The largest absolute Gasteiger partial charge is 0.477 e. The van der Waals surface area contributed by atoms with Gasteiger partial charge in [-0.1, -0.05) is 23.4 Å². The van der Waals surface area contributed by atoms with Crippen LogP contribution in [-0.2, 0) is 9.59 Å². The summed E-state index contributed by atoms with van der Waals surface area (Å²) in [4.78, 5) is 33.3. The maximum atomic E-state index is 11.7. The number of benzene rings is 1. The number of nitro benzene ring substituents is 1. The van der Waals surface area contributed by atoms with E-state index in [1.54, 1.807) is 0 Å². The molecule has 0 aliphatic carbocycles. The average molecular weight is 331 g/mol. The van der Waals surface area contributed by atoms with E-state index in [-0.39, 0.29) is 21.6 Å². The zero-order chi connectivity index (χ0) is 15.4. The van der Waals surface area contributed by atoms with Gasteiger partial charge in [0.2, 0.25) is 5.12 Å². The molecule has 1 aromatic carbocycles. The Kier molecular flexibility index (Phi) is 5.03. The van der Waals surface area contributed by atoms with Crippen molar-refractivity contribution in [1.82, 2.24) is 5.32 Å². The third-order valence-electron chi connectivity index (χ3n) is 2.75. The number of ether oxygens (including phenoxy) is 1. The van der Waals surface area contributed by atoms with E-state index in [1.165, 1.54) is 23.9 Å².